The Morgan fingerprint density at radius 1 is 1.08 bits per heavy atom. The number of amides is 5. The Morgan fingerprint density at radius 2 is 1.78 bits per heavy atom. The standard InChI is InChI=1S/C41H52FN7O13S2/c1-6-26-21-41(26,37(52)45-63(57,58)28-17-18-28)44-35(50)33-20-27(61-39(54)46-22-25-12-10-13-30(42)29(25)24-46)23-48(33)36(51)31(43-38(53)62-40(3,4)5)14-11-19-47(7-2)64(59,60)34-16-9-8-15-32(34)49(55)56/h6,8-10,12-13,15-16,26-28,31,33H,1,7,11,14,17-24H2,2-5H3,(H,43,53)(H,44,50)(H,45,52)/t26-,27-,31+,33?,41-/m1/s1. The zero-order chi connectivity index (χ0) is 46.9. The van der Waals surface area contributed by atoms with Crippen LogP contribution in [0.4, 0.5) is 19.7 Å². The Labute approximate surface area is 370 Å². The lowest BCUT2D eigenvalue weighted by atomic mass is 10.1. The average molecular weight is 934 g/mol. The van der Waals surface area contributed by atoms with Gasteiger partial charge in [-0.05, 0) is 70.6 Å². The summed E-state index contributed by atoms with van der Waals surface area (Å²) < 4.78 is 81.7. The molecule has 0 radical (unpaired) electrons. The van der Waals surface area contributed by atoms with Crippen molar-refractivity contribution >= 4 is 55.6 Å². The van der Waals surface area contributed by atoms with Crippen LogP contribution >= 0.6 is 0 Å². The molecule has 3 fully saturated rings. The molecular formula is C41H52FN7O13S2. The molecule has 2 aliphatic carbocycles. The number of para-hydroxylation sites is 1. The highest BCUT2D eigenvalue weighted by molar-refractivity contribution is 7.91. The van der Waals surface area contributed by atoms with Gasteiger partial charge in [0, 0.05) is 43.6 Å². The first-order valence-corrected chi connectivity index (χ1v) is 23.8. The largest absolute Gasteiger partial charge is 0.444 e. The highest BCUT2D eigenvalue weighted by Gasteiger charge is 2.62. The molecule has 3 N–H and O–H groups in total. The van der Waals surface area contributed by atoms with E-state index in [0.29, 0.717) is 24.0 Å². The van der Waals surface area contributed by atoms with Crippen molar-refractivity contribution in [1.82, 2.24) is 29.5 Å². The summed E-state index contributed by atoms with van der Waals surface area (Å²) in [7, 11) is -8.47. The third kappa shape index (κ3) is 10.5. The van der Waals surface area contributed by atoms with E-state index in [1.165, 1.54) is 42.2 Å². The van der Waals surface area contributed by atoms with E-state index < -0.39 is 118 Å². The molecule has 0 bridgehead atoms. The molecule has 0 spiro atoms. The molecule has 2 aliphatic heterocycles. The SMILES string of the molecule is C=C[C@@H]1C[C@]1(NC(=O)C1C[C@@H](OC(=O)N2Cc3cccc(F)c3C2)CN1C(=O)[C@H](CCCN(CC)S(=O)(=O)c1ccccc1[N+](=O)[O-])NC(=O)OC(C)(C)C)C(=O)NS(=O)(=O)C1CC1. The summed E-state index contributed by atoms with van der Waals surface area (Å²) in [6.07, 6.45) is -1.61. The van der Waals surface area contributed by atoms with Crippen LogP contribution in [0.5, 0.6) is 0 Å². The summed E-state index contributed by atoms with van der Waals surface area (Å²) in [6.45, 7) is 9.11. The molecular weight excluding hydrogens is 882 g/mol. The first kappa shape index (κ1) is 47.8. The molecule has 20 nitrogen and oxygen atoms in total. The minimum atomic E-state index is -4.43. The lowest BCUT2D eigenvalue weighted by molar-refractivity contribution is -0.387. The number of sulfonamides is 2. The van der Waals surface area contributed by atoms with Crippen LogP contribution in [0.25, 0.3) is 0 Å². The number of nitrogens with zero attached hydrogens (tertiary/aromatic N) is 4. The van der Waals surface area contributed by atoms with Gasteiger partial charge in [0.05, 0.1) is 23.3 Å². The van der Waals surface area contributed by atoms with Gasteiger partial charge in [-0.15, -0.1) is 6.58 Å². The zero-order valence-corrected chi connectivity index (χ0v) is 37.4. The lowest BCUT2D eigenvalue weighted by Crippen LogP contribution is -2.58. The van der Waals surface area contributed by atoms with Crippen LogP contribution in [0.1, 0.15) is 77.3 Å². The summed E-state index contributed by atoms with van der Waals surface area (Å²) in [4.78, 5) is 82.0. The third-order valence-corrected chi connectivity index (χ3v) is 15.3. The fourth-order valence-electron chi connectivity index (χ4n) is 7.91. The van der Waals surface area contributed by atoms with Crippen LogP contribution in [-0.4, -0.2) is 120 Å². The molecule has 2 aromatic rings. The number of halogens is 1. The van der Waals surface area contributed by atoms with Crippen LogP contribution in [0, 0.1) is 21.8 Å². The number of ether oxygens (including phenoxy) is 2. The van der Waals surface area contributed by atoms with Crippen LogP contribution in [0.3, 0.4) is 0 Å². The van der Waals surface area contributed by atoms with Gasteiger partial charge in [0.1, 0.15) is 35.1 Å². The Balaban J connectivity index is 1.26. The number of rotatable bonds is 17. The summed E-state index contributed by atoms with van der Waals surface area (Å²) >= 11 is 0. The second-order valence-electron chi connectivity index (χ2n) is 17.2. The van der Waals surface area contributed by atoms with E-state index in [1.54, 1.807) is 26.8 Å². The number of likely N-dealkylation sites (tertiary alicyclic amines) is 1. The quantitative estimate of drug-likeness (QED) is 0.117. The van der Waals surface area contributed by atoms with Crippen molar-refractivity contribution in [2.75, 3.05) is 19.6 Å². The van der Waals surface area contributed by atoms with Gasteiger partial charge >= 0.3 is 12.2 Å². The van der Waals surface area contributed by atoms with E-state index in [2.05, 4.69) is 21.9 Å². The first-order chi connectivity index (χ1) is 30.0. The molecule has 5 amide bonds. The van der Waals surface area contributed by atoms with Crippen molar-refractivity contribution in [3.8, 4) is 0 Å². The molecule has 6 rings (SSSR count). The summed E-state index contributed by atoms with van der Waals surface area (Å²) in [6, 6.07) is 6.30. The fraction of sp³-hybridized carbons (Fsp3) is 0.537. The lowest BCUT2D eigenvalue weighted by Gasteiger charge is -2.30. The predicted octanol–water partition coefficient (Wildman–Crippen LogP) is 3.21. The molecule has 2 heterocycles. The second kappa shape index (κ2) is 18.4. The molecule has 1 saturated heterocycles. The number of carbonyl (C=O) groups is 5. The van der Waals surface area contributed by atoms with Crippen molar-refractivity contribution in [1.29, 1.82) is 0 Å². The van der Waals surface area contributed by atoms with E-state index in [1.807, 2.05) is 0 Å². The molecule has 1 unspecified atom stereocenters. The van der Waals surface area contributed by atoms with E-state index in [0.717, 1.165) is 21.3 Å². The average Bonchev–Trinajstić information content (AvgIpc) is 4.11. The number of hydrogen-bond donors (Lipinski definition) is 3. The highest BCUT2D eigenvalue weighted by Crippen LogP contribution is 2.45. The van der Waals surface area contributed by atoms with Gasteiger partial charge in [0.25, 0.3) is 11.6 Å². The number of carbonyl (C=O) groups excluding carboxylic acids is 5. The molecule has 5 atom stereocenters. The number of benzene rings is 2. The smallest absolute Gasteiger partial charge is 0.410 e. The number of hydrogen-bond acceptors (Lipinski definition) is 13. The monoisotopic (exact) mass is 933 g/mol. The minimum Gasteiger partial charge on any atom is -0.444 e. The Hall–Kier alpha value is -5.68. The van der Waals surface area contributed by atoms with Crippen LogP contribution < -0.4 is 15.4 Å². The molecule has 23 heteroatoms. The van der Waals surface area contributed by atoms with Crippen molar-refractivity contribution in [2.24, 2.45) is 5.92 Å². The van der Waals surface area contributed by atoms with Gasteiger partial charge in [0.15, 0.2) is 4.90 Å². The molecule has 64 heavy (non-hydrogen) atoms. The Morgan fingerprint density at radius 3 is 2.39 bits per heavy atom. The third-order valence-electron chi connectivity index (χ3n) is 11.5. The highest BCUT2D eigenvalue weighted by atomic mass is 32.2. The van der Waals surface area contributed by atoms with E-state index in [-0.39, 0.29) is 51.9 Å². The maximum absolute atomic E-state index is 14.7. The van der Waals surface area contributed by atoms with Crippen molar-refractivity contribution in [3.05, 3.63) is 82.2 Å². The Kier molecular flexibility index (Phi) is 13.8. The van der Waals surface area contributed by atoms with Gasteiger partial charge in [-0.3, -0.25) is 34.1 Å². The molecule has 0 aromatic heterocycles. The van der Waals surface area contributed by atoms with E-state index >= 15 is 0 Å². The number of alkyl carbamates (subject to hydrolysis) is 1. The van der Waals surface area contributed by atoms with Gasteiger partial charge in [-0.2, -0.15) is 4.31 Å². The number of fused-ring (bicyclic) bond motifs is 1. The van der Waals surface area contributed by atoms with Crippen molar-refractivity contribution in [2.45, 2.75) is 119 Å². The first-order valence-electron chi connectivity index (χ1n) is 20.8. The topological polar surface area (TPSA) is 261 Å². The molecule has 4 aliphatic rings. The second-order valence-corrected chi connectivity index (χ2v) is 21.1. The minimum absolute atomic E-state index is 0.00871. The molecule has 2 saturated carbocycles. The van der Waals surface area contributed by atoms with Gasteiger partial charge in [-0.25, -0.2) is 30.8 Å². The fourth-order valence-corrected chi connectivity index (χ4v) is 10.9. The maximum atomic E-state index is 14.7. The van der Waals surface area contributed by atoms with Gasteiger partial charge < -0.3 is 25.0 Å². The predicted molar refractivity (Wildman–Crippen MR) is 225 cm³/mol. The van der Waals surface area contributed by atoms with E-state index in [4.69, 9.17) is 9.47 Å². The van der Waals surface area contributed by atoms with Crippen molar-refractivity contribution < 1.29 is 59.6 Å². The molecule has 348 valence electrons. The summed E-state index contributed by atoms with van der Waals surface area (Å²) in [5.74, 6) is -3.96. The summed E-state index contributed by atoms with van der Waals surface area (Å²) in [5, 5.41) is 16.1. The summed E-state index contributed by atoms with van der Waals surface area (Å²) in [5.41, 5.74) is -2.53. The van der Waals surface area contributed by atoms with E-state index in [9.17, 15) is 55.3 Å². The number of nitrogens with one attached hydrogen (secondary N) is 3. The normalized spacial score (nSPS) is 22.2. The van der Waals surface area contributed by atoms with Crippen LogP contribution in [0.2, 0.25) is 0 Å². The van der Waals surface area contributed by atoms with Crippen LogP contribution in [-0.2, 0) is 57.0 Å². The Bertz CT molecular complexity index is 2440. The van der Waals surface area contributed by atoms with Crippen LogP contribution in [0.15, 0.2) is 60.0 Å². The number of nitro benzene ring substituents is 1. The van der Waals surface area contributed by atoms with Gasteiger partial charge in [0.2, 0.25) is 31.9 Å². The molecule has 2 aromatic carbocycles. The zero-order valence-electron chi connectivity index (χ0n) is 35.8. The van der Waals surface area contributed by atoms with Gasteiger partial charge in [-0.1, -0.05) is 37.3 Å². The maximum Gasteiger partial charge on any atom is 0.410 e. The number of nitro groups is 1. The van der Waals surface area contributed by atoms with Crippen molar-refractivity contribution in [3.63, 3.8) is 0 Å².